The van der Waals surface area contributed by atoms with Gasteiger partial charge in [0.1, 0.15) is 0 Å². The van der Waals surface area contributed by atoms with Crippen molar-refractivity contribution in [2.45, 2.75) is 19.5 Å². The molecular weight excluding hydrogens is 306 g/mol. The number of aromatic nitrogens is 2. The average molecular weight is 324 g/mol. The highest BCUT2D eigenvalue weighted by molar-refractivity contribution is 9.10. The van der Waals surface area contributed by atoms with Crippen LogP contribution >= 0.6 is 15.9 Å². The van der Waals surface area contributed by atoms with E-state index < -0.39 is 0 Å². The molecule has 1 N–H and O–H groups in total. The van der Waals surface area contributed by atoms with Gasteiger partial charge in [-0.25, -0.2) is 4.98 Å². The number of rotatable bonds is 6. The van der Waals surface area contributed by atoms with Crippen molar-refractivity contribution in [2.75, 3.05) is 19.0 Å². The van der Waals surface area contributed by atoms with Crippen molar-refractivity contribution in [3.8, 4) is 0 Å². The summed E-state index contributed by atoms with van der Waals surface area (Å²) in [6, 6.07) is 8.49. The quantitative estimate of drug-likeness (QED) is 0.884. The lowest BCUT2D eigenvalue weighted by Crippen LogP contribution is -2.14. The SMILES string of the molecule is COCC(C)n1ccnc1NCc1cccc(Br)c1. The van der Waals surface area contributed by atoms with E-state index in [2.05, 4.69) is 49.9 Å². The lowest BCUT2D eigenvalue weighted by Gasteiger charge is -2.16. The molecule has 0 radical (unpaired) electrons. The molecule has 19 heavy (non-hydrogen) atoms. The molecule has 0 aliphatic rings. The highest BCUT2D eigenvalue weighted by Crippen LogP contribution is 2.16. The Hall–Kier alpha value is -1.33. The minimum atomic E-state index is 0.262. The summed E-state index contributed by atoms with van der Waals surface area (Å²) in [5.74, 6) is 0.865. The highest BCUT2D eigenvalue weighted by Gasteiger charge is 2.09. The van der Waals surface area contributed by atoms with Crippen LogP contribution in [0, 0.1) is 0 Å². The molecule has 1 heterocycles. The fourth-order valence-corrected chi connectivity index (χ4v) is 2.40. The van der Waals surface area contributed by atoms with Crippen molar-refractivity contribution in [3.63, 3.8) is 0 Å². The maximum atomic E-state index is 5.18. The van der Waals surface area contributed by atoms with Crippen molar-refractivity contribution < 1.29 is 4.74 Å². The molecule has 0 amide bonds. The minimum absolute atomic E-state index is 0.262. The van der Waals surface area contributed by atoms with E-state index in [1.54, 1.807) is 13.3 Å². The number of hydrogen-bond donors (Lipinski definition) is 1. The first-order valence-electron chi connectivity index (χ1n) is 6.21. The summed E-state index contributed by atoms with van der Waals surface area (Å²) in [6.07, 6.45) is 3.77. The van der Waals surface area contributed by atoms with Crippen LogP contribution in [0.2, 0.25) is 0 Å². The fourth-order valence-electron chi connectivity index (χ4n) is 1.96. The zero-order valence-electron chi connectivity index (χ0n) is 11.1. The molecule has 0 spiro atoms. The maximum Gasteiger partial charge on any atom is 0.203 e. The highest BCUT2D eigenvalue weighted by atomic mass is 79.9. The molecule has 0 aliphatic carbocycles. The molecule has 4 nitrogen and oxygen atoms in total. The Labute approximate surface area is 121 Å². The Morgan fingerprint density at radius 1 is 1.47 bits per heavy atom. The number of imidazole rings is 1. The zero-order chi connectivity index (χ0) is 13.7. The summed E-state index contributed by atoms with van der Waals surface area (Å²) >= 11 is 3.47. The topological polar surface area (TPSA) is 39.1 Å². The van der Waals surface area contributed by atoms with E-state index in [1.807, 2.05) is 18.3 Å². The lowest BCUT2D eigenvalue weighted by atomic mass is 10.2. The van der Waals surface area contributed by atoms with Gasteiger partial charge in [-0.3, -0.25) is 0 Å². The number of ether oxygens (including phenoxy) is 1. The van der Waals surface area contributed by atoms with Crippen LogP contribution in [0.4, 0.5) is 5.95 Å². The monoisotopic (exact) mass is 323 g/mol. The van der Waals surface area contributed by atoms with Gasteiger partial charge in [0.15, 0.2) is 0 Å². The van der Waals surface area contributed by atoms with E-state index in [0.29, 0.717) is 6.61 Å². The molecule has 1 aromatic carbocycles. The molecule has 102 valence electrons. The molecule has 0 saturated carbocycles. The largest absolute Gasteiger partial charge is 0.383 e. The van der Waals surface area contributed by atoms with Gasteiger partial charge in [0.2, 0.25) is 5.95 Å². The Balaban J connectivity index is 2.02. The van der Waals surface area contributed by atoms with Crippen LogP contribution in [0.1, 0.15) is 18.5 Å². The normalized spacial score (nSPS) is 12.4. The van der Waals surface area contributed by atoms with Crippen molar-refractivity contribution >= 4 is 21.9 Å². The molecule has 2 rings (SSSR count). The number of methoxy groups -OCH3 is 1. The summed E-state index contributed by atoms with van der Waals surface area (Å²) < 4.78 is 8.35. The van der Waals surface area contributed by atoms with Gasteiger partial charge >= 0.3 is 0 Å². The van der Waals surface area contributed by atoms with Crippen LogP contribution in [0.15, 0.2) is 41.1 Å². The maximum absolute atomic E-state index is 5.18. The Morgan fingerprint density at radius 2 is 2.32 bits per heavy atom. The molecule has 0 fully saturated rings. The predicted octanol–water partition coefficient (Wildman–Crippen LogP) is 3.47. The van der Waals surface area contributed by atoms with Crippen LogP contribution in [-0.2, 0) is 11.3 Å². The first kappa shape index (κ1) is 14.1. The number of anilines is 1. The number of benzene rings is 1. The van der Waals surface area contributed by atoms with Gasteiger partial charge in [0.05, 0.1) is 12.6 Å². The average Bonchev–Trinajstić information content (AvgIpc) is 2.85. The molecule has 0 aliphatic heterocycles. The van der Waals surface area contributed by atoms with Gasteiger partial charge in [0.25, 0.3) is 0 Å². The first-order chi connectivity index (χ1) is 9.20. The Kier molecular flexibility index (Phi) is 4.99. The van der Waals surface area contributed by atoms with Crippen molar-refractivity contribution in [1.82, 2.24) is 9.55 Å². The zero-order valence-corrected chi connectivity index (χ0v) is 12.7. The standard InChI is InChI=1S/C14H18BrN3O/c1-11(10-19-2)18-7-6-16-14(18)17-9-12-4-3-5-13(15)8-12/h3-8,11H,9-10H2,1-2H3,(H,16,17). The number of halogens is 1. The van der Waals surface area contributed by atoms with Crippen LogP contribution in [0.5, 0.6) is 0 Å². The van der Waals surface area contributed by atoms with Crippen molar-refractivity contribution in [2.24, 2.45) is 0 Å². The fraction of sp³-hybridized carbons (Fsp3) is 0.357. The van der Waals surface area contributed by atoms with Crippen molar-refractivity contribution in [3.05, 3.63) is 46.7 Å². The molecule has 1 unspecified atom stereocenters. The summed E-state index contributed by atoms with van der Waals surface area (Å²) in [6.45, 7) is 3.52. The van der Waals surface area contributed by atoms with Gasteiger partial charge in [-0.05, 0) is 24.6 Å². The lowest BCUT2D eigenvalue weighted by molar-refractivity contribution is 0.163. The summed E-state index contributed by atoms with van der Waals surface area (Å²) in [5.41, 5.74) is 1.21. The molecular formula is C14H18BrN3O. The Bertz CT molecular complexity index is 527. The predicted molar refractivity (Wildman–Crippen MR) is 80.3 cm³/mol. The molecule has 2 aromatic rings. The van der Waals surface area contributed by atoms with E-state index in [-0.39, 0.29) is 6.04 Å². The second-order valence-corrected chi connectivity index (χ2v) is 5.36. The van der Waals surface area contributed by atoms with E-state index >= 15 is 0 Å². The smallest absolute Gasteiger partial charge is 0.203 e. The van der Waals surface area contributed by atoms with E-state index in [1.165, 1.54) is 5.56 Å². The second-order valence-electron chi connectivity index (χ2n) is 4.45. The molecule has 0 saturated heterocycles. The number of nitrogens with one attached hydrogen (secondary N) is 1. The van der Waals surface area contributed by atoms with E-state index in [0.717, 1.165) is 17.0 Å². The third-order valence-electron chi connectivity index (χ3n) is 2.89. The summed E-state index contributed by atoms with van der Waals surface area (Å²) in [7, 11) is 1.71. The molecule has 1 aromatic heterocycles. The third kappa shape index (κ3) is 3.81. The summed E-state index contributed by atoms with van der Waals surface area (Å²) in [4.78, 5) is 4.34. The number of nitrogens with zero attached hydrogens (tertiary/aromatic N) is 2. The molecule has 5 heteroatoms. The molecule has 1 atom stereocenters. The van der Waals surface area contributed by atoms with Gasteiger partial charge < -0.3 is 14.6 Å². The van der Waals surface area contributed by atoms with Crippen LogP contribution in [0.25, 0.3) is 0 Å². The summed E-state index contributed by atoms with van der Waals surface area (Å²) in [5, 5.41) is 3.35. The second kappa shape index (κ2) is 6.73. The first-order valence-corrected chi connectivity index (χ1v) is 7.00. The van der Waals surface area contributed by atoms with Gasteiger partial charge in [-0.15, -0.1) is 0 Å². The van der Waals surface area contributed by atoms with Crippen LogP contribution in [-0.4, -0.2) is 23.3 Å². The minimum Gasteiger partial charge on any atom is -0.383 e. The third-order valence-corrected chi connectivity index (χ3v) is 3.38. The van der Waals surface area contributed by atoms with E-state index in [4.69, 9.17) is 4.74 Å². The Morgan fingerprint density at radius 3 is 3.05 bits per heavy atom. The van der Waals surface area contributed by atoms with E-state index in [9.17, 15) is 0 Å². The van der Waals surface area contributed by atoms with Crippen molar-refractivity contribution in [1.29, 1.82) is 0 Å². The van der Waals surface area contributed by atoms with Crippen LogP contribution in [0.3, 0.4) is 0 Å². The van der Waals surface area contributed by atoms with Gasteiger partial charge in [0, 0.05) is 30.5 Å². The van der Waals surface area contributed by atoms with Gasteiger partial charge in [-0.1, -0.05) is 28.1 Å². The van der Waals surface area contributed by atoms with Crippen LogP contribution < -0.4 is 5.32 Å². The molecule has 0 bridgehead atoms. The van der Waals surface area contributed by atoms with Gasteiger partial charge in [-0.2, -0.15) is 0 Å². The number of hydrogen-bond acceptors (Lipinski definition) is 3.